The van der Waals surface area contributed by atoms with Crippen LogP contribution in [0, 0.1) is 81.4 Å². The summed E-state index contributed by atoms with van der Waals surface area (Å²) in [6.07, 6.45) is 3.72. The topological polar surface area (TPSA) is 89.7 Å². The molecule has 0 spiro atoms. The van der Waals surface area contributed by atoms with Gasteiger partial charge in [0.25, 0.3) is 0 Å². The van der Waals surface area contributed by atoms with Gasteiger partial charge in [-0.1, -0.05) is 102 Å². The van der Waals surface area contributed by atoms with Gasteiger partial charge in [-0.2, -0.15) is 21.8 Å². The molecule has 14 rings (SSSR count). The molecule has 0 fully saturated rings. The van der Waals surface area contributed by atoms with E-state index in [1.807, 2.05) is 65.1 Å². The van der Waals surface area contributed by atoms with Crippen LogP contribution in [-0.4, -0.2) is 38.7 Å². The molecule has 114 heavy (non-hydrogen) atoms. The van der Waals surface area contributed by atoms with E-state index in [2.05, 4.69) is 229 Å². The Hall–Kier alpha value is 10.3. The van der Waals surface area contributed by atoms with Crippen LogP contribution in [0.4, 0.5) is 0 Å². The Kier molecular flexibility index (Phi) is 117. The van der Waals surface area contributed by atoms with Gasteiger partial charge >= 0.3 is 21.1 Å². The van der Waals surface area contributed by atoms with Crippen molar-refractivity contribution in [1.82, 2.24) is 38.7 Å². The first-order valence-electron chi connectivity index (χ1n) is 28.3. The summed E-state index contributed by atoms with van der Waals surface area (Å²) in [6.45, 7) is 20.9. The molecule has 0 saturated carbocycles. The minimum absolute atomic E-state index is 0. The Bertz CT molecular complexity index is 4640. The Morgan fingerprint density at radius 3 is 1.18 bits per heavy atom. The number of fused-ring (bicyclic) bond motifs is 6. The molecular formula is C74H62N8O2Pt30. The van der Waals surface area contributed by atoms with Crippen LogP contribution in [0.5, 0.6) is 23.0 Å². The van der Waals surface area contributed by atoms with Crippen molar-refractivity contribution in [1.29, 1.82) is 0 Å². The second-order valence-electron chi connectivity index (χ2n) is 22.1. The molecule has 6 aromatic heterocycles. The summed E-state index contributed by atoms with van der Waals surface area (Å²) >= 11 is 0. The molecule has 8 aromatic carbocycles. The van der Waals surface area contributed by atoms with E-state index >= 15 is 0 Å². The third kappa shape index (κ3) is 40.7. The molecule has 14 aromatic rings. The van der Waals surface area contributed by atoms with Crippen molar-refractivity contribution in [3.63, 3.8) is 0 Å². The smallest absolute Gasteiger partial charge is 0.509 e. The predicted molar refractivity (Wildman–Crippen MR) is 340 cm³/mol. The van der Waals surface area contributed by atoms with Crippen LogP contribution in [0.25, 0.3) is 88.9 Å². The molecule has 710 valence electrons. The van der Waals surface area contributed by atoms with Crippen molar-refractivity contribution in [2.24, 2.45) is 0 Å². The van der Waals surface area contributed by atoms with Crippen LogP contribution in [0.3, 0.4) is 0 Å². The quantitative estimate of drug-likeness (QED) is 0.127. The van der Waals surface area contributed by atoms with Crippen LogP contribution >= 0.6 is 0 Å². The van der Waals surface area contributed by atoms with Gasteiger partial charge in [-0.05, 0) is 168 Å². The second kappa shape index (κ2) is 79.5. The molecule has 0 bridgehead atoms. The molecule has 0 aliphatic carbocycles. The van der Waals surface area contributed by atoms with Gasteiger partial charge in [0, 0.05) is 686 Å². The van der Waals surface area contributed by atoms with Gasteiger partial charge in [-0.3, -0.25) is 9.25 Å². The first-order chi connectivity index (χ1) is 40.7. The van der Waals surface area contributed by atoms with Gasteiger partial charge in [-0.25, -0.2) is 14.6 Å². The molecule has 0 atom stereocenters. The first kappa shape index (κ1) is 167. The maximum Gasteiger partial charge on any atom is 2.00 e. The summed E-state index contributed by atoms with van der Waals surface area (Å²) < 4.78 is 21.4. The number of aromatic nitrogens is 8. The fourth-order valence-corrected chi connectivity index (χ4v) is 11.9. The summed E-state index contributed by atoms with van der Waals surface area (Å²) in [4.78, 5) is 9.43. The van der Waals surface area contributed by atoms with E-state index in [0.29, 0.717) is 11.5 Å². The van der Waals surface area contributed by atoms with E-state index in [1.54, 1.807) is 0 Å². The van der Waals surface area contributed by atoms with Crippen LogP contribution in [0.2, 0.25) is 0 Å². The molecule has 0 unspecified atom stereocenters. The average Bonchev–Trinajstić information content (AvgIpc) is 1.60. The van der Waals surface area contributed by atoms with E-state index in [0.717, 1.165) is 118 Å². The average molecular weight is 6950 g/mol. The van der Waals surface area contributed by atoms with Gasteiger partial charge in [0.2, 0.25) is 0 Å². The molecular weight excluding hydrogens is 6890 g/mol. The fourth-order valence-electron chi connectivity index (χ4n) is 11.9. The normalized spacial score (nSPS) is 8.44. The van der Waals surface area contributed by atoms with E-state index in [-0.39, 0.29) is 632 Å². The number of aryl methyl sites for hydroxylation is 8. The first-order valence-corrected chi connectivity index (χ1v) is 28.3. The molecule has 6 heterocycles. The van der Waals surface area contributed by atoms with Crippen molar-refractivity contribution < 1.29 is 641 Å². The van der Waals surface area contributed by atoms with E-state index in [9.17, 15) is 0 Å². The number of hydrogen-bond acceptors (Lipinski definition) is 6. The SMILES string of the molecule is Cc1cc(Oc2[c-]c3c(cc2)c2cc(C)ccc2n3-c2cc(C)ccn2)[c-]c(-n2nc(C)c(-c3ccccc3)c2C)c1.Cc1cc(Oc2ccc3c4cc(C)ccc4n(-c4cc(C)ccn4)c3c2)cc(-n2nc(C)c(-c3ccccc3)c2C)c1.[Pt+2].[Pt].[Pt].[Pt].[Pt].[Pt].[Pt].[Pt].[Pt].[Pt].[Pt].[Pt].[Pt].[Pt].[Pt].[Pt].[Pt].[Pt].[Pt].[Pt].[Pt].[Pt].[Pt].[Pt].[Pt].[Pt].[Pt].[Pt].[Pt].[Pt]. The second-order valence-corrected chi connectivity index (χ2v) is 22.1. The van der Waals surface area contributed by atoms with Crippen LogP contribution in [0.1, 0.15) is 56.2 Å². The third-order valence-corrected chi connectivity index (χ3v) is 15.6. The van der Waals surface area contributed by atoms with E-state index in [1.165, 1.54) is 38.4 Å². The van der Waals surface area contributed by atoms with Crippen LogP contribution in [-0.2, 0) is 632 Å². The fraction of sp³-hybridized carbons (Fsp3) is 0.135. The summed E-state index contributed by atoms with van der Waals surface area (Å²) in [5, 5.41) is 14.5. The molecule has 0 amide bonds. The Morgan fingerprint density at radius 1 is 0.289 bits per heavy atom. The van der Waals surface area contributed by atoms with Gasteiger partial charge < -0.3 is 14.0 Å². The van der Waals surface area contributed by atoms with Gasteiger partial charge in [0.1, 0.15) is 23.1 Å². The van der Waals surface area contributed by atoms with Gasteiger partial charge in [0.15, 0.2) is 0 Å². The van der Waals surface area contributed by atoms with Crippen molar-refractivity contribution in [3.05, 3.63) is 263 Å². The van der Waals surface area contributed by atoms with Crippen LogP contribution in [0.15, 0.2) is 194 Å². The number of pyridine rings is 2. The molecule has 0 saturated heterocycles. The Morgan fingerprint density at radius 2 is 0.702 bits per heavy atom. The van der Waals surface area contributed by atoms with Crippen LogP contribution < -0.4 is 9.47 Å². The summed E-state index contributed by atoms with van der Waals surface area (Å²) in [7, 11) is 0. The van der Waals surface area contributed by atoms with Crippen molar-refractivity contribution >= 4 is 43.6 Å². The van der Waals surface area contributed by atoms with E-state index < -0.39 is 0 Å². The molecule has 0 aliphatic rings. The molecule has 0 N–H and O–H groups in total. The zero-order valence-electron chi connectivity index (χ0n) is 58.4. The summed E-state index contributed by atoms with van der Waals surface area (Å²) in [5.41, 5.74) is 21.7. The number of rotatable bonds is 10. The van der Waals surface area contributed by atoms with E-state index in [4.69, 9.17) is 29.6 Å². The minimum Gasteiger partial charge on any atom is -0.509 e. The summed E-state index contributed by atoms with van der Waals surface area (Å²) in [6, 6.07) is 69.9. The van der Waals surface area contributed by atoms with Crippen molar-refractivity contribution in [3.8, 4) is 68.3 Å². The Balaban J connectivity index is -0.0000000800. The van der Waals surface area contributed by atoms with Gasteiger partial charge in [-0.15, -0.1) is 35.7 Å². The maximum atomic E-state index is 6.55. The number of ether oxygens (including phenoxy) is 2. The molecule has 10 nitrogen and oxygen atoms in total. The largest absolute Gasteiger partial charge is 2.00 e. The minimum atomic E-state index is 0. The number of nitrogens with zero attached hydrogens (tertiary/aromatic N) is 8. The number of hydrogen-bond donors (Lipinski definition) is 0. The Labute approximate surface area is 1100 Å². The molecule has 40 heteroatoms. The standard InChI is InChI=1S/C37H32N4O.C37H30N4O.30Pt/c2*1-23-11-14-34-33(19-23)32-13-12-30(22-35(32)40(34)36-20-24(2)15-16-38-36)42-31-18-25(3)17-29(21-31)41-27(5)37(26(4)39-41)28-9-7-6-8-10-28;;;;;;;;;;;;;;;;;;;;;;;;;;;;;;/h6-22H,1-5H3;6-20H,1-5H3;;;;;;;;;;;;;;;;;;;;;;;;;;;;;;/q;-2;;;;;;;;;;;;;;;;;;;;;;;;;;;;;;+2. The summed E-state index contributed by atoms with van der Waals surface area (Å²) in [5.74, 6) is 4.52. The predicted octanol–water partition coefficient (Wildman–Crippen LogP) is 18.3. The zero-order valence-corrected chi connectivity index (χ0v) is 127. The molecule has 0 radical (unpaired) electrons. The van der Waals surface area contributed by atoms with Crippen molar-refractivity contribution in [2.45, 2.75) is 69.2 Å². The monoisotopic (exact) mass is 6940 g/mol. The third-order valence-electron chi connectivity index (χ3n) is 15.6. The van der Waals surface area contributed by atoms with Crippen molar-refractivity contribution in [2.75, 3.05) is 0 Å². The molecule has 0 aliphatic heterocycles. The number of benzene rings is 8. The maximum absolute atomic E-state index is 6.55. The zero-order chi connectivity index (χ0) is 57.9. The van der Waals surface area contributed by atoms with Gasteiger partial charge in [0.05, 0.1) is 28.1 Å².